The zero-order valence-electron chi connectivity index (χ0n) is 14.0. The summed E-state index contributed by atoms with van der Waals surface area (Å²) < 4.78 is 38.1. The Balaban J connectivity index is 1.61. The van der Waals surface area contributed by atoms with Crippen LogP contribution in [0, 0.1) is 0 Å². The number of anilines is 2. The number of pyridine rings is 1. The molecule has 0 unspecified atom stereocenters. The molecule has 1 N–H and O–H groups in total. The number of aromatic nitrogens is 1. The Hall–Kier alpha value is -2.83. The average Bonchev–Trinajstić information content (AvgIpc) is 3.15. The topological polar surface area (TPSA) is 45.2 Å². The van der Waals surface area contributed by atoms with Crippen molar-refractivity contribution in [3.63, 3.8) is 0 Å². The first-order chi connectivity index (χ1) is 12.4. The standard InChI is InChI=1S/C19H18F3N3O/c20-19(21,22)15-5-3-4-14(12-15)6-9-18(26)24-16-7-8-17(23-13-16)25-10-1-2-11-25/h3-9,12-13H,1-2,10-11H2,(H,24,26)/b9-6+. The molecule has 0 radical (unpaired) electrons. The van der Waals surface area contributed by atoms with Gasteiger partial charge < -0.3 is 10.2 Å². The predicted molar refractivity (Wildman–Crippen MR) is 94.8 cm³/mol. The second-order valence-electron chi connectivity index (χ2n) is 6.05. The van der Waals surface area contributed by atoms with E-state index in [9.17, 15) is 18.0 Å². The van der Waals surface area contributed by atoms with Gasteiger partial charge >= 0.3 is 6.18 Å². The summed E-state index contributed by atoms with van der Waals surface area (Å²) in [5.41, 5.74) is 0.0888. The predicted octanol–water partition coefficient (Wildman–Crippen LogP) is 4.35. The van der Waals surface area contributed by atoms with Crippen LogP contribution in [0.4, 0.5) is 24.7 Å². The molecule has 0 spiro atoms. The molecule has 26 heavy (non-hydrogen) atoms. The quantitative estimate of drug-likeness (QED) is 0.824. The van der Waals surface area contributed by atoms with Crippen molar-refractivity contribution in [2.45, 2.75) is 19.0 Å². The van der Waals surface area contributed by atoms with Crippen molar-refractivity contribution in [3.8, 4) is 0 Å². The monoisotopic (exact) mass is 361 g/mol. The zero-order valence-corrected chi connectivity index (χ0v) is 14.0. The van der Waals surface area contributed by atoms with Crippen LogP contribution >= 0.6 is 0 Å². The Morgan fingerprint density at radius 1 is 1.15 bits per heavy atom. The number of benzene rings is 1. The molecule has 1 saturated heterocycles. The van der Waals surface area contributed by atoms with Gasteiger partial charge in [0.05, 0.1) is 17.4 Å². The minimum atomic E-state index is -4.41. The first-order valence-electron chi connectivity index (χ1n) is 8.29. The highest BCUT2D eigenvalue weighted by molar-refractivity contribution is 6.01. The molecule has 2 heterocycles. The van der Waals surface area contributed by atoms with Crippen molar-refractivity contribution >= 4 is 23.5 Å². The maximum atomic E-state index is 12.7. The molecule has 1 aromatic heterocycles. The van der Waals surface area contributed by atoms with Crippen LogP contribution < -0.4 is 10.2 Å². The summed E-state index contributed by atoms with van der Waals surface area (Å²) >= 11 is 0. The van der Waals surface area contributed by atoms with Crippen molar-refractivity contribution in [1.29, 1.82) is 0 Å². The van der Waals surface area contributed by atoms with E-state index in [1.165, 1.54) is 24.3 Å². The van der Waals surface area contributed by atoms with E-state index in [2.05, 4.69) is 15.2 Å². The van der Waals surface area contributed by atoms with Crippen LogP contribution in [0.15, 0.2) is 48.7 Å². The van der Waals surface area contributed by atoms with Crippen LogP contribution in [0.1, 0.15) is 24.0 Å². The number of carbonyl (C=O) groups excluding carboxylic acids is 1. The number of amides is 1. The zero-order chi connectivity index (χ0) is 18.6. The number of halogens is 3. The number of rotatable bonds is 4. The summed E-state index contributed by atoms with van der Waals surface area (Å²) in [4.78, 5) is 18.5. The van der Waals surface area contributed by atoms with Crippen molar-refractivity contribution in [3.05, 3.63) is 59.8 Å². The lowest BCUT2D eigenvalue weighted by Crippen LogP contribution is -2.18. The molecule has 136 valence electrons. The smallest absolute Gasteiger partial charge is 0.357 e. The van der Waals surface area contributed by atoms with Crippen molar-refractivity contribution in [1.82, 2.24) is 4.98 Å². The van der Waals surface area contributed by atoms with Gasteiger partial charge in [-0.15, -0.1) is 0 Å². The molecule has 1 aliphatic rings. The van der Waals surface area contributed by atoms with Crippen LogP contribution in [-0.2, 0) is 11.0 Å². The van der Waals surface area contributed by atoms with Gasteiger partial charge in [-0.1, -0.05) is 12.1 Å². The van der Waals surface area contributed by atoms with Gasteiger partial charge in [-0.2, -0.15) is 13.2 Å². The molecule has 7 heteroatoms. The van der Waals surface area contributed by atoms with Crippen molar-refractivity contribution in [2.24, 2.45) is 0 Å². The lowest BCUT2D eigenvalue weighted by molar-refractivity contribution is -0.137. The van der Waals surface area contributed by atoms with Crippen LogP contribution in [0.3, 0.4) is 0 Å². The van der Waals surface area contributed by atoms with E-state index in [1.807, 2.05) is 6.07 Å². The van der Waals surface area contributed by atoms with E-state index in [0.717, 1.165) is 43.9 Å². The van der Waals surface area contributed by atoms with Gasteiger partial charge in [-0.3, -0.25) is 4.79 Å². The Labute approximate surface area is 149 Å². The largest absolute Gasteiger partial charge is 0.416 e. The normalized spacial score (nSPS) is 14.8. The molecule has 2 aromatic rings. The maximum absolute atomic E-state index is 12.7. The maximum Gasteiger partial charge on any atom is 0.416 e. The second kappa shape index (κ2) is 7.59. The Bertz CT molecular complexity index is 794. The molecule has 0 atom stereocenters. The summed E-state index contributed by atoms with van der Waals surface area (Å²) in [6.45, 7) is 1.97. The van der Waals surface area contributed by atoms with Gasteiger partial charge in [0, 0.05) is 19.2 Å². The summed E-state index contributed by atoms with van der Waals surface area (Å²) in [7, 11) is 0. The van der Waals surface area contributed by atoms with Crippen LogP contribution in [-0.4, -0.2) is 24.0 Å². The SMILES string of the molecule is O=C(/C=C/c1cccc(C(F)(F)F)c1)Nc1ccc(N2CCCC2)nc1. The summed E-state index contributed by atoms with van der Waals surface area (Å²) in [5.74, 6) is 0.443. The van der Waals surface area contributed by atoms with Gasteiger partial charge in [0.25, 0.3) is 0 Å². The first-order valence-corrected chi connectivity index (χ1v) is 8.29. The number of nitrogens with one attached hydrogen (secondary N) is 1. The fourth-order valence-corrected chi connectivity index (χ4v) is 2.77. The van der Waals surface area contributed by atoms with Gasteiger partial charge in [0.1, 0.15) is 5.82 Å². The van der Waals surface area contributed by atoms with Crippen LogP contribution in [0.25, 0.3) is 6.08 Å². The summed E-state index contributed by atoms with van der Waals surface area (Å²) in [6, 6.07) is 8.40. The molecular weight excluding hydrogens is 343 g/mol. The highest BCUT2D eigenvalue weighted by Crippen LogP contribution is 2.29. The molecule has 1 fully saturated rings. The minimum Gasteiger partial charge on any atom is -0.357 e. The fourth-order valence-electron chi connectivity index (χ4n) is 2.77. The van der Waals surface area contributed by atoms with E-state index in [-0.39, 0.29) is 0 Å². The molecule has 1 aromatic carbocycles. The Morgan fingerprint density at radius 2 is 1.92 bits per heavy atom. The molecule has 3 rings (SSSR count). The number of alkyl halides is 3. The molecule has 1 amide bonds. The molecule has 0 aliphatic carbocycles. The highest BCUT2D eigenvalue weighted by Gasteiger charge is 2.30. The number of nitrogens with zero attached hydrogens (tertiary/aromatic N) is 2. The molecule has 0 saturated carbocycles. The Kier molecular flexibility index (Phi) is 5.25. The van der Waals surface area contributed by atoms with Crippen LogP contribution in [0.2, 0.25) is 0 Å². The van der Waals surface area contributed by atoms with Gasteiger partial charge in [0.15, 0.2) is 0 Å². The third-order valence-corrected chi connectivity index (χ3v) is 4.09. The van der Waals surface area contributed by atoms with Crippen LogP contribution in [0.5, 0.6) is 0 Å². The average molecular weight is 361 g/mol. The van der Waals surface area contributed by atoms with Crippen molar-refractivity contribution in [2.75, 3.05) is 23.3 Å². The van der Waals surface area contributed by atoms with Gasteiger partial charge in [0.2, 0.25) is 5.91 Å². The van der Waals surface area contributed by atoms with E-state index in [1.54, 1.807) is 12.3 Å². The first kappa shape index (κ1) is 18.0. The van der Waals surface area contributed by atoms with Crippen molar-refractivity contribution < 1.29 is 18.0 Å². The van der Waals surface area contributed by atoms with E-state index < -0.39 is 17.6 Å². The molecule has 1 aliphatic heterocycles. The molecule has 4 nitrogen and oxygen atoms in total. The third kappa shape index (κ3) is 4.62. The molecular formula is C19H18F3N3O. The Morgan fingerprint density at radius 3 is 2.58 bits per heavy atom. The minimum absolute atomic E-state index is 0.303. The van der Waals surface area contributed by atoms with E-state index in [4.69, 9.17) is 0 Å². The number of carbonyl (C=O) groups is 1. The second-order valence-corrected chi connectivity index (χ2v) is 6.05. The molecule has 0 bridgehead atoms. The highest BCUT2D eigenvalue weighted by atomic mass is 19.4. The summed E-state index contributed by atoms with van der Waals surface area (Å²) in [6.07, 6.45) is 2.01. The van der Waals surface area contributed by atoms with E-state index >= 15 is 0 Å². The third-order valence-electron chi connectivity index (χ3n) is 4.09. The summed E-state index contributed by atoms with van der Waals surface area (Å²) in [5, 5.41) is 2.65. The van der Waals surface area contributed by atoms with Gasteiger partial charge in [-0.25, -0.2) is 4.98 Å². The number of hydrogen-bond acceptors (Lipinski definition) is 3. The fraction of sp³-hybridized carbons (Fsp3) is 0.263. The number of hydrogen-bond donors (Lipinski definition) is 1. The lowest BCUT2D eigenvalue weighted by Gasteiger charge is -2.16. The van der Waals surface area contributed by atoms with Gasteiger partial charge in [-0.05, 0) is 48.7 Å². The lowest BCUT2D eigenvalue weighted by atomic mass is 10.1. The van der Waals surface area contributed by atoms with E-state index in [0.29, 0.717) is 11.3 Å².